The minimum Gasteiger partial charge on any atom is -0.495 e. The fraction of sp³-hybridized carbons (Fsp3) is 0.200. The standard InChI is InChI=1S/C20H20N2O2S/c1-14-7-9-15(10-8-14)20-21-16(13-25-20)11-12-19(23)22-17-5-3-4-6-18(17)24-2/h3-10,13H,11-12H2,1-2H3,(H,22,23). The van der Waals surface area contributed by atoms with Gasteiger partial charge in [-0.05, 0) is 25.5 Å². The Morgan fingerprint density at radius 2 is 1.92 bits per heavy atom. The summed E-state index contributed by atoms with van der Waals surface area (Å²) in [7, 11) is 1.59. The highest BCUT2D eigenvalue weighted by Crippen LogP contribution is 2.25. The zero-order chi connectivity index (χ0) is 17.6. The predicted octanol–water partition coefficient (Wildman–Crippen LogP) is 4.70. The van der Waals surface area contributed by atoms with Crippen LogP contribution in [0.1, 0.15) is 17.7 Å². The maximum atomic E-state index is 12.2. The van der Waals surface area contributed by atoms with Crippen molar-refractivity contribution in [3.8, 4) is 16.3 Å². The third-order valence-corrected chi connectivity index (χ3v) is 4.78. The Hall–Kier alpha value is -2.66. The van der Waals surface area contributed by atoms with Crippen LogP contribution in [-0.4, -0.2) is 18.0 Å². The zero-order valence-corrected chi connectivity index (χ0v) is 15.1. The Balaban J connectivity index is 1.58. The van der Waals surface area contributed by atoms with E-state index in [-0.39, 0.29) is 5.91 Å². The molecule has 0 aliphatic heterocycles. The minimum atomic E-state index is -0.0469. The monoisotopic (exact) mass is 352 g/mol. The van der Waals surface area contributed by atoms with Crippen LogP contribution < -0.4 is 10.1 Å². The first kappa shape index (κ1) is 17.2. The van der Waals surface area contributed by atoms with Crippen molar-refractivity contribution < 1.29 is 9.53 Å². The minimum absolute atomic E-state index is 0.0469. The molecule has 128 valence electrons. The van der Waals surface area contributed by atoms with Crippen molar-refractivity contribution in [3.63, 3.8) is 0 Å². The summed E-state index contributed by atoms with van der Waals surface area (Å²) in [6, 6.07) is 15.7. The molecular weight excluding hydrogens is 332 g/mol. The van der Waals surface area contributed by atoms with Gasteiger partial charge in [0.15, 0.2) is 0 Å². The van der Waals surface area contributed by atoms with Gasteiger partial charge in [-0.25, -0.2) is 4.98 Å². The Kier molecular flexibility index (Phi) is 5.46. The molecule has 0 spiro atoms. The summed E-state index contributed by atoms with van der Waals surface area (Å²) in [5.41, 5.74) is 3.97. The Labute approximate surface area is 151 Å². The van der Waals surface area contributed by atoms with E-state index in [2.05, 4.69) is 41.5 Å². The molecule has 3 rings (SSSR count). The van der Waals surface area contributed by atoms with Crippen LogP contribution >= 0.6 is 11.3 Å². The largest absolute Gasteiger partial charge is 0.495 e. The fourth-order valence-corrected chi connectivity index (χ4v) is 3.31. The smallest absolute Gasteiger partial charge is 0.224 e. The number of ether oxygens (including phenoxy) is 1. The van der Waals surface area contributed by atoms with Crippen LogP contribution in [0.4, 0.5) is 5.69 Å². The molecule has 3 aromatic rings. The molecule has 25 heavy (non-hydrogen) atoms. The molecule has 0 unspecified atom stereocenters. The first-order valence-electron chi connectivity index (χ1n) is 8.10. The molecule has 0 bridgehead atoms. The third-order valence-electron chi connectivity index (χ3n) is 3.84. The summed E-state index contributed by atoms with van der Waals surface area (Å²) in [5, 5.41) is 5.89. The van der Waals surface area contributed by atoms with Crippen LogP contribution in [0.5, 0.6) is 5.75 Å². The van der Waals surface area contributed by atoms with Gasteiger partial charge in [-0.2, -0.15) is 0 Å². The number of aryl methyl sites for hydroxylation is 2. The second-order valence-corrected chi connectivity index (χ2v) is 6.62. The van der Waals surface area contributed by atoms with Gasteiger partial charge < -0.3 is 10.1 Å². The number of nitrogens with zero attached hydrogens (tertiary/aromatic N) is 1. The van der Waals surface area contributed by atoms with Crippen molar-refractivity contribution in [1.29, 1.82) is 0 Å². The fourth-order valence-electron chi connectivity index (χ4n) is 2.45. The number of methoxy groups -OCH3 is 1. The number of hydrogen-bond acceptors (Lipinski definition) is 4. The maximum absolute atomic E-state index is 12.2. The predicted molar refractivity (Wildman–Crippen MR) is 102 cm³/mol. The number of carbonyl (C=O) groups excluding carboxylic acids is 1. The molecule has 1 heterocycles. The average Bonchev–Trinajstić information content (AvgIpc) is 3.10. The molecule has 0 saturated carbocycles. The van der Waals surface area contributed by atoms with Crippen LogP contribution in [0.3, 0.4) is 0 Å². The van der Waals surface area contributed by atoms with Crippen molar-refractivity contribution in [3.05, 3.63) is 65.2 Å². The molecule has 0 aliphatic carbocycles. The Bertz CT molecular complexity index is 856. The van der Waals surface area contributed by atoms with Crippen LogP contribution in [0.15, 0.2) is 53.9 Å². The molecule has 0 radical (unpaired) electrons. The van der Waals surface area contributed by atoms with Crippen LogP contribution in [-0.2, 0) is 11.2 Å². The molecule has 2 aromatic carbocycles. The second-order valence-electron chi connectivity index (χ2n) is 5.76. The van der Waals surface area contributed by atoms with E-state index in [1.54, 1.807) is 18.4 Å². The first-order chi connectivity index (χ1) is 12.2. The van der Waals surface area contributed by atoms with Crippen molar-refractivity contribution in [1.82, 2.24) is 4.98 Å². The van der Waals surface area contributed by atoms with Gasteiger partial charge in [0.1, 0.15) is 10.8 Å². The average molecular weight is 352 g/mol. The number of nitrogens with one attached hydrogen (secondary N) is 1. The van der Waals surface area contributed by atoms with Gasteiger partial charge in [-0.3, -0.25) is 4.79 Å². The summed E-state index contributed by atoms with van der Waals surface area (Å²) >= 11 is 1.61. The highest BCUT2D eigenvalue weighted by Gasteiger charge is 2.09. The van der Waals surface area contributed by atoms with E-state index in [1.165, 1.54) is 5.56 Å². The van der Waals surface area contributed by atoms with E-state index in [0.717, 1.165) is 16.3 Å². The molecule has 1 amide bonds. The van der Waals surface area contributed by atoms with Crippen molar-refractivity contribution in [2.24, 2.45) is 0 Å². The molecule has 4 nitrogen and oxygen atoms in total. The summed E-state index contributed by atoms with van der Waals surface area (Å²) in [4.78, 5) is 16.8. The molecule has 0 fully saturated rings. The number of amides is 1. The number of benzene rings is 2. The van der Waals surface area contributed by atoms with Crippen molar-refractivity contribution >= 4 is 22.9 Å². The lowest BCUT2D eigenvalue weighted by molar-refractivity contribution is -0.116. The number of para-hydroxylation sites is 2. The van der Waals surface area contributed by atoms with Crippen molar-refractivity contribution in [2.45, 2.75) is 19.8 Å². The van der Waals surface area contributed by atoms with Gasteiger partial charge in [-0.1, -0.05) is 42.0 Å². The van der Waals surface area contributed by atoms with E-state index < -0.39 is 0 Å². The molecular formula is C20H20N2O2S. The van der Waals surface area contributed by atoms with E-state index >= 15 is 0 Å². The number of rotatable bonds is 6. The molecule has 0 atom stereocenters. The van der Waals surface area contributed by atoms with E-state index in [1.807, 2.05) is 29.6 Å². The number of anilines is 1. The van der Waals surface area contributed by atoms with Crippen LogP contribution in [0.25, 0.3) is 10.6 Å². The number of hydrogen-bond donors (Lipinski definition) is 1. The summed E-state index contributed by atoms with van der Waals surface area (Å²) < 4.78 is 5.24. The van der Waals surface area contributed by atoms with Crippen molar-refractivity contribution in [2.75, 3.05) is 12.4 Å². The van der Waals surface area contributed by atoms with Gasteiger partial charge in [0.25, 0.3) is 0 Å². The highest BCUT2D eigenvalue weighted by atomic mass is 32.1. The third kappa shape index (κ3) is 4.45. The molecule has 1 aromatic heterocycles. The quantitative estimate of drug-likeness (QED) is 0.700. The van der Waals surface area contributed by atoms with Gasteiger partial charge in [0, 0.05) is 17.4 Å². The molecule has 5 heteroatoms. The summed E-state index contributed by atoms with van der Waals surface area (Å²) in [6.07, 6.45) is 0.998. The molecule has 1 N–H and O–H groups in total. The number of carbonyl (C=O) groups is 1. The van der Waals surface area contributed by atoms with Gasteiger partial charge >= 0.3 is 0 Å². The number of aromatic nitrogens is 1. The maximum Gasteiger partial charge on any atom is 0.224 e. The molecule has 0 saturated heterocycles. The summed E-state index contributed by atoms with van der Waals surface area (Å²) in [6.45, 7) is 2.07. The number of thiazole rings is 1. The lowest BCUT2D eigenvalue weighted by Crippen LogP contribution is -2.13. The Morgan fingerprint density at radius 3 is 2.68 bits per heavy atom. The zero-order valence-electron chi connectivity index (χ0n) is 14.3. The lowest BCUT2D eigenvalue weighted by atomic mass is 10.1. The summed E-state index contributed by atoms with van der Waals surface area (Å²) in [5.74, 6) is 0.612. The second kappa shape index (κ2) is 7.94. The van der Waals surface area contributed by atoms with Gasteiger partial charge in [0.2, 0.25) is 5.91 Å². The SMILES string of the molecule is COc1ccccc1NC(=O)CCc1csc(-c2ccc(C)cc2)n1. The van der Waals surface area contributed by atoms with Crippen LogP contribution in [0.2, 0.25) is 0 Å². The van der Waals surface area contributed by atoms with Crippen LogP contribution in [0, 0.1) is 6.92 Å². The van der Waals surface area contributed by atoms with Gasteiger partial charge in [0.05, 0.1) is 18.5 Å². The Morgan fingerprint density at radius 1 is 1.16 bits per heavy atom. The van der Waals surface area contributed by atoms with E-state index in [0.29, 0.717) is 24.3 Å². The van der Waals surface area contributed by atoms with Gasteiger partial charge in [-0.15, -0.1) is 11.3 Å². The normalized spacial score (nSPS) is 10.5. The van der Waals surface area contributed by atoms with E-state index in [4.69, 9.17) is 4.74 Å². The highest BCUT2D eigenvalue weighted by molar-refractivity contribution is 7.13. The lowest BCUT2D eigenvalue weighted by Gasteiger charge is -2.09. The first-order valence-corrected chi connectivity index (χ1v) is 8.98. The topological polar surface area (TPSA) is 51.2 Å². The molecule has 0 aliphatic rings. The van der Waals surface area contributed by atoms with E-state index in [9.17, 15) is 4.79 Å².